The highest BCUT2D eigenvalue weighted by atomic mass is 16.5. The highest BCUT2D eigenvalue weighted by molar-refractivity contribution is 5.77. The Labute approximate surface area is 116 Å². The Morgan fingerprint density at radius 3 is 3.05 bits per heavy atom. The topological polar surface area (TPSA) is 87.2 Å². The van der Waals surface area contributed by atoms with Gasteiger partial charge in [-0.1, -0.05) is 12.1 Å². The number of nitrogens with one attached hydrogen (secondary N) is 2. The van der Waals surface area contributed by atoms with Crippen LogP contribution in [-0.4, -0.2) is 41.4 Å². The first-order chi connectivity index (χ1) is 9.70. The van der Waals surface area contributed by atoms with Gasteiger partial charge in [0.1, 0.15) is 5.82 Å². The number of methoxy groups -OCH3 is 1. The Balaban J connectivity index is 1.92. The van der Waals surface area contributed by atoms with E-state index in [1.165, 1.54) is 0 Å². The van der Waals surface area contributed by atoms with Crippen molar-refractivity contribution >= 4 is 10.9 Å². The lowest BCUT2D eigenvalue weighted by Gasteiger charge is -2.10. The lowest BCUT2D eigenvalue weighted by atomic mass is 10.2. The Morgan fingerprint density at radius 2 is 2.25 bits per heavy atom. The number of nitrogens with zero attached hydrogens (tertiary/aromatic N) is 1. The van der Waals surface area contributed by atoms with Crippen LogP contribution in [0.2, 0.25) is 0 Å². The molecule has 0 aliphatic carbocycles. The van der Waals surface area contributed by atoms with Crippen molar-refractivity contribution in [2.45, 2.75) is 19.1 Å². The number of hydrogen-bond acceptors (Lipinski definition) is 5. The van der Waals surface area contributed by atoms with Gasteiger partial charge < -0.3 is 20.1 Å². The second kappa shape index (κ2) is 7.14. The summed E-state index contributed by atoms with van der Waals surface area (Å²) < 4.78 is 4.85. The predicted octanol–water partition coefficient (Wildman–Crippen LogP) is 0.410. The van der Waals surface area contributed by atoms with Crippen molar-refractivity contribution in [2.75, 3.05) is 20.3 Å². The van der Waals surface area contributed by atoms with E-state index < -0.39 is 6.10 Å². The summed E-state index contributed by atoms with van der Waals surface area (Å²) in [5.41, 5.74) is 0.555. The zero-order valence-electron chi connectivity index (χ0n) is 11.4. The maximum atomic E-state index is 11.8. The van der Waals surface area contributed by atoms with Gasteiger partial charge in [0, 0.05) is 7.11 Å². The van der Waals surface area contributed by atoms with E-state index >= 15 is 0 Å². The van der Waals surface area contributed by atoms with E-state index in [-0.39, 0.29) is 5.56 Å². The maximum absolute atomic E-state index is 11.8. The molecule has 3 N–H and O–H groups in total. The molecule has 1 heterocycles. The number of ether oxygens (including phenoxy) is 1. The first-order valence-electron chi connectivity index (χ1n) is 6.56. The monoisotopic (exact) mass is 277 g/mol. The molecule has 0 aliphatic heterocycles. The fourth-order valence-electron chi connectivity index (χ4n) is 1.97. The molecular formula is C14H19N3O3. The van der Waals surface area contributed by atoms with Gasteiger partial charge in [-0.05, 0) is 25.1 Å². The van der Waals surface area contributed by atoms with Crippen molar-refractivity contribution in [3.8, 4) is 0 Å². The third kappa shape index (κ3) is 3.86. The van der Waals surface area contributed by atoms with Gasteiger partial charge in [0.25, 0.3) is 5.56 Å². The molecule has 20 heavy (non-hydrogen) atoms. The number of hydrogen-bond donors (Lipinski definition) is 3. The first-order valence-corrected chi connectivity index (χ1v) is 6.56. The largest absolute Gasteiger partial charge is 0.391 e. The molecule has 0 bridgehead atoms. The minimum atomic E-state index is -0.476. The van der Waals surface area contributed by atoms with Gasteiger partial charge in [0.15, 0.2) is 0 Å². The Kier molecular flexibility index (Phi) is 5.23. The molecule has 0 aliphatic rings. The standard InChI is InChI=1S/C14H19N3O3/c1-20-9-10(18)6-7-15-8-13-16-12-5-3-2-4-11(12)14(19)17-13/h2-5,10,15,18H,6-9H2,1H3,(H,16,17,19). The number of aromatic nitrogens is 2. The minimum absolute atomic E-state index is 0.133. The van der Waals surface area contributed by atoms with E-state index in [4.69, 9.17) is 4.74 Å². The summed E-state index contributed by atoms with van der Waals surface area (Å²) in [5.74, 6) is 0.593. The van der Waals surface area contributed by atoms with E-state index in [9.17, 15) is 9.90 Å². The summed E-state index contributed by atoms with van der Waals surface area (Å²) in [4.78, 5) is 19.0. The average Bonchev–Trinajstić information content (AvgIpc) is 2.44. The zero-order valence-corrected chi connectivity index (χ0v) is 11.4. The van der Waals surface area contributed by atoms with E-state index in [2.05, 4.69) is 15.3 Å². The molecule has 0 saturated heterocycles. The van der Waals surface area contributed by atoms with Crippen LogP contribution in [0.5, 0.6) is 0 Å². The predicted molar refractivity (Wildman–Crippen MR) is 76.6 cm³/mol. The van der Waals surface area contributed by atoms with Crippen LogP contribution in [0.25, 0.3) is 10.9 Å². The van der Waals surface area contributed by atoms with Crippen LogP contribution in [0.4, 0.5) is 0 Å². The SMILES string of the molecule is COCC(O)CCNCc1nc2ccccc2c(=O)[nH]1. The number of aliphatic hydroxyl groups excluding tert-OH is 1. The van der Waals surface area contributed by atoms with Crippen molar-refractivity contribution in [1.29, 1.82) is 0 Å². The number of H-pyrrole nitrogens is 1. The van der Waals surface area contributed by atoms with Gasteiger partial charge in [-0.2, -0.15) is 0 Å². The van der Waals surface area contributed by atoms with Gasteiger partial charge in [-0.3, -0.25) is 4.79 Å². The maximum Gasteiger partial charge on any atom is 0.258 e. The molecular weight excluding hydrogens is 258 g/mol. The molecule has 1 aromatic carbocycles. The van der Waals surface area contributed by atoms with Crippen molar-refractivity contribution in [2.24, 2.45) is 0 Å². The highest BCUT2D eigenvalue weighted by Gasteiger charge is 2.04. The lowest BCUT2D eigenvalue weighted by molar-refractivity contribution is 0.0594. The van der Waals surface area contributed by atoms with E-state index in [0.29, 0.717) is 42.8 Å². The summed E-state index contributed by atoms with van der Waals surface area (Å²) in [7, 11) is 1.56. The Bertz CT molecular complexity index is 612. The van der Waals surface area contributed by atoms with Crippen LogP contribution in [0.3, 0.4) is 0 Å². The fraction of sp³-hybridized carbons (Fsp3) is 0.429. The van der Waals surface area contributed by atoms with E-state index in [1.54, 1.807) is 13.2 Å². The van der Waals surface area contributed by atoms with Crippen LogP contribution in [0, 0.1) is 0 Å². The smallest absolute Gasteiger partial charge is 0.258 e. The fourth-order valence-corrected chi connectivity index (χ4v) is 1.97. The summed E-state index contributed by atoms with van der Waals surface area (Å²) >= 11 is 0. The quantitative estimate of drug-likeness (QED) is 0.638. The highest BCUT2D eigenvalue weighted by Crippen LogP contribution is 2.05. The van der Waals surface area contributed by atoms with Gasteiger partial charge in [0.05, 0.1) is 30.2 Å². The molecule has 2 aromatic rings. The van der Waals surface area contributed by atoms with Crippen molar-refractivity contribution in [3.63, 3.8) is 0 Å². The molecule has 6 heteroatoms. The van der Waals surface area contributed by atoms with E-state index in [0.717, 1.165) is 0 Å². The molecule has 2 rings (SSSR count). The summed E-state index contributed by atoms with van der Waals surface area (Å²) in [6.07, 6.45) is 0.113. The second-order valence-electron chi connectivity index (χ2n) is 4.60. The Hall–Kier alpha value is -1.76. The molecule has 1 atom stereocenters. The van der Waals surface area contributed by atoms with Crippen LogP contribution in [0.15, 0.2) is 29.1 Å². The van der Waals surface area contributed by atoms with E-state index in [1.807, 2.05) is 18.2 Å². The first kappa shape index (κ1) is 14.6. The van der Waals surface area contributed by atoms with Gasteiger partial charge in [-0.15, -0.1) is 0 Å². The van der Waals surface area contributed by atoms with Gasteiger partial charge >= 0.3 is 0 Å². The molecule has 6 nitrogen and oxygen atoms in total. The summed E-state index contributed by atoms with van der Waals surface area (Å²) in [6, 6.07) is 7.23. The second-order valence-corrected chi connectivity index (χ2v) is 4.60. The average molecular weight is 277 g/mol. The molecule has 0 fully saturated rings. The summed E-state index contributed by atoms with van der Waals surface area (Å²) in [6.45, 7) is 1.41. The van der Waals surface area contributed by atoms with Crippen LogP contribution >= 0.6 is 0 Å². The lowest BCUT2D eigenvalue weighted by Crippen LogP contribution is -2.24. The normalized spacial score (nSPS) is 12.7. The number of aliphatic hydroxyl groups is 1. The number of para-hydroxylation sites is 1. The van der Waals surface area contributed by atoms with Crippen LogP contribution < -0.4 is 10.9 Å². The Morgan fingerprint density at radius 1 is 1.45 bits per heavy atom. The zero-order chi connectivity index (χ0) is 14.4. The third-order valence-corrected chi connectivity index (χ3v) is 2.97. The molecule has 0 radical (unpaired) electrons. The number of fused-ring (bicyclic) bond motifs is 1. The number of aromatic amines is 1. The molecule has 108 valence electrons. The van der Waals surface area contributed by atoms with Crippen LogP contribution in [0.1, 0.15) is 12.2 Å². The number of rotatable bonds is 7. The molecule has 0 spiro atoms. The summed E-state index contributed by atoms with van der Waals surface area (Å²) in [5, 5.41) is 13.2. The van der Waals surface area contributed by atoms with Crippen molar-refractivity contribution in [1.82, 2.24) is 15.3 Å². The van der Waals surface area contributed by atoms with Crippen molar-refractivity contribution < 1.29 is 9.84 Å². The van der Waals surface area contributed by atoms with Gasteiger partial charge in [0.2, 0.25) is 0 Å². The third-order valence-electron chi connectivity index (χ3n) is 2.97. The molecule has 1 unspecified atom stereocenters. The minimum Gasteiger partial charge on any atom is -0.391 e. The molecule has 0 saturated carbocycles. The molecule has 1 aromatic heterocycles. The van der Waals surface area contributed by atoms with Crippen LogP contribution in [-0.2, 0) is 11.3 Å². The van der Waals surface area contributed by atoms with Crippen molar-refractivity contribution in [3.05, 3.63) is 40.4 Å². The molecule has 0 amide bonds. The van der Waals surface area contributed by atoms with Gasteiger partial charge in [-0.25, -0.2) is 4.98 Å². The number of benzene rings is 1.